The standard InChI is InChI=1S/C30H40N6O2S/c1-5-6-9-24-34-25-26(27-23(14-16-39-27)33-28(25)31)36(24)18-21-12-10-20(11-13-21)17-32-22-8-7-15-35(19-22)29(37)38-30(2,3)4/h10-14,16,22,32H,5-9,15,17-19H2,1-4H3,(H2,31,33). The van der Waals surface area contributed by atoms with Crippen LogP contribution in [0.1, 0.15) is 70.3 Å². The van der Waals surface area contributed by atoms with Gasteiger partial charge in [-0.2, -0.15) is 0 Å². The van der Waals surface area contributed by atoms with Gasteiger partial charge in [0.25, 0.3) is 0 Å². The first-order valence-electron chi connectivity index (χ1n) is 14.0. The summed E-state index contributed by atoms with van der Waals surface area (Å²) in [4.78, 5) is 23.9. The molecule has 1 saturated heterocycles. The molecule has 1 amide bonds. The Kier molecular flexibility index (Phi) is 8.09. The highest BCUT2D eigenvalue weighted by Crippen LogP contribution is 2.33. The molecule has 3 N–H and O–H groups in total. The molecule has 0 saturated carbocycles. The molecule has 3 aromatic heterocycles. The molecule has 5 rings (SSSR count). The normalized spacial score (nSPS) is 16.3. The van der Waals surface area contributed by atoms with Gasteiger partial charge >= 0.3 is 6.09 Å². The van der Waals surface area contributed by atoms with Crippen LogP contribution in [0, 0.1) is 0 Å². The quantitative estimate of drug-likeness (QED) is 0.276. The van der Waals surface area contributed by atoms with Crippen molar-refractivity contribution >= 4 is 44.5 Å². The number of nitrogens with zero attached hydrogens (tertiary/aromatic N) is 4. The monoisotopic (exact) mass is 548 g/mol. The Morgan fingerprint density at radius 3 is 2.69 bits per heavy atom. The third-order valence-electron chi connectivity index (χ3n) is 7.18. The Balaban J connectivity index is 1.27. The first-order valence-corrected chi connectivity index (χ1v) is 14.9. The fourth-order valence-electron chi connectivity index (χ4n) is 5.20. The molecule has 0 radical (unpaired) electrons. The summed E-state index contributed by atoms with van der Waals surface area (Å²) in [6, 6.07) is 11.1. The number of amides is 1. The second-order valence-corrected chi connectivity index (χ2v) is 12.4. The average Bonchev–Trinajstić information content (AvgIpc) is 3.51. The molecule has 9 heteroatoms. The SMILES string of the molecule is CCCCc1nc2c(N)nc3ccsc3c2n1Cc1ccc(CNC2CCCN(C(=O)OC(C)(C)C)C2)cc1. The van der Waals surface area contributed by atoms with Crippen LogP contribution < -0.4 is 11.1 Å². The smallest absolute Gasteiger partial charge is 0.410 e. The second kappa shape index (κ2) is 11.5. The topological polar surface area (TPSA) is 98.3 Å². The summed E-state index contributed by atoms with van der Waals surface area (Å²) in [5.74, 6) is 1.57. The Bertz CT molecular complexity index is 1440. The number of nitrogens with two attached hydrogens (primary N) is 1. The fourth-order valence-corrected chi connectivity index (χ4v) is 6.08. The number of hydrogen-bond acceptors (Lipinski definition) is 7. The highest BCUT2D eigenvalue weighted by Gasteiger charge is 2.27. The number of rotatable bonds is 8. The average molecular weight is 549 g/mol. The zero-order valence-electron chi connectivity index (χ0n) is 23.5. The van der Waals surface area contributed by atoms with Crippen molar-refractivity contribution in [2.75, 3.05) is 18.8 Å². The third kappa shape index (κ3) is 6.36. The molecule has 1 atom stereocenters. The summed E-state index contributed by atoms with van der Waals surface area (Å²) in [7, 11) is 0. The van der Waals surface area contributed by atoms with Crippen molar-refractivity contribution in [3.8, 4) is 0 Å². The summed E-state index contributed by atoms with van der Waals surface area (Å²) in [6.07, 6.45) is 4.93. The number of hydrogen-bond donors (Lipinski definition) is 2. The molecular weight excluding hydrogens is 508 g/mol. The molecule has 1 fully saturated rings. The number of carbonyl (C=O) groups is 1. The largest absolute Gasteiger partial charge is 0.444 e. The summed E-state index contributed by atoms with van der Waals surface area (Å²) < 4.78 is 9.05. The number of aryl methyl sites for hydroxylation is 1. The van der Waals surface area contributed by atoms with E-state index in [0.717, 1.165) is 78.8 Å². The van der Waals surface area contributed by atoms with Crippen LogP contribution in [-0.4, -0.2) is 50.3 Å². The maximum atomic E-state index is 12.5. The van der Waals surface area contributed by atoms with Gasteiger partial charge < -0.3 is 25.3 Å². The van der Waals surface area contributed by atoms with Crippen molar-refractivity contribution in [1.29, 1.82) is 0 Å². The third-order valence-corrected chi connectivity index (χ3v) is 8.09. The minimum Gasteiger partial charge on any atom is -0.444 e. The van der Waals surface area contributed by atoms with Crippen molar-refractivity contribution in [1.82, 2.24) is 24.8 Å². The lowest BCUT2D eigenvalue weighted by Gasteiger charge is -2.34. The van der Waals surface area contributed by atoms with Crippen molar-refractivity contribution in [3.63, 3.8) is 0 Å². The molecule has 8 nitrogen and oxygen atoms in total. The van der Waals surface area contributed by atoms with E-state index < -0.39 is 5.60 Å². The lowest BCUT2D eigenvalue weighted by Crippen LogP contribution is -2.49. The van der Waals surface area contributed by atoms with E-state index in [9.17, 15) is 4.79 Å². The number of nitrogens with one attached hydrogen (secondary N) is 1. The summed E-state index contributed by atoms with van der Waals surface area (Å²) in [5.41, 5.74) is 11.1. The predicted molar refractivity (Wildman–Crippen MR) is 159 cm³/mol. The number of imidazole rings is 1. The number of thiophene rings is 1. The molecule has 1 unspecified atom stereocenters. The van der Waals surface area contributed by atoms with Gasteiger partial charge in [-0.25, -0.2) is 14.8 Å². The zero-order chi connectivity index (χ0) is 27.6. The van der Waals surface area contributed by atoms with Gasteiger partial charge in [-0.15, -0.1) is 11.3 Å². The molecule has 4 aromatic rings. The van der Waals surface area contributed by atoms with Crippen LogP contribution in [0.4, 0.5) is 10.6 Å². The number of anilines is 1. The van der Waals surface area contributed by atoms with E-state index in [0.29, 0.717) is 12.4 Å². The lowest BCUT2D eigenvalue weighted by atomic mass is 10.1. The summed E-state index contributed by atoms with van der Waals surface area (Å²) >= 11 is 1.69. The second-order valence-electron chi connectivity index (χ2n) is 11.5. The summed E-state index contributed by atoms with van der Waals surface area (Å²) in [6.45, 7) is 10.9. The Labute approximate surface area is 234 Å². The number of ether oxygens (including phenoxy) is 1. The number of benzene rings is 1. The van der Waals surface area contributed by atoms with Crippen LogP contribution in [0.5, 0.6) is 0 Å². The minimum absolute atomic E-state index is 0.221. The number of piperidine rings is 1. The van der Waals surface area contributed by atoms with E-state index >= 15 is 0 Å². The number of aromatic nitrogens is 3. The molecule has 39 heavy (non-hydrogen) atoms. The number of carbonyl (C=O) groups excluding carboxylic acids is 1. The van der Waals surface area contributed by atoms with Gasteiger partial charge in [-0.3, -0.25) is 0 Å². The van der Waals surface area contributed by atoms with Gasteiger partial charge in [-0.05, 0) is 62.6 Å². The predicted octanol–water partition coefficient (Wildman–Crippen LogP) is 6.11. The highest BCUT2D eigenvalue weighted by molar-refractivity contribution is 7.18. The lowest BCUT2D eigenvalue weighted by molar-refractivity contribution is 0.0187. The van der Waals surface area contributed by atoms with E-state index in [4.69, 9.17) is 15.5 Å². The first-order chi connectivity index (χ1) is 18.7. The molecule has 1 aromatic carbocycles. The van der Waals surface area contributed by atoms with E-state index in [1.807, 2.05) is 31.7 Å². The molecule has 1 aliphatic heterocycles. The van der Waals surface area contributed by atoms with Gasteiger partial charge in [0.1, 0.15) is 16.9 Å². The zero-order valence-corrected chi connectivity index (χ0v) is 24.3. The van der Waals surface area contributed by atoms with Crippen LogP contribution in [0.2, 0.25) is 0 Å². The molecule has 4 heterocycles. The number of nitrogen functional groups attached to an aromatic ring is 1. The van der Waals surface area contributed by atoms with E-state index in [1.165, 1.54) is 11.1 Å². The molecule has 208 valence electrons. The Morgan fingerprint density at radius 1 is 1.18 bits per heavy atom. The first kappa shape index (κ1) is 27.4. The highest BCUT2D eigenvalue weighted by atomic mass is 32.1. The van der Waals surface area contributed by atoms with E-state index in [-0.39, 0.29) is 12.1 Å². The Hall–Kier alpha value is -3.17. The maximum absolute atomic E-state index is 12.5. The number of fused-ring (bicyclic) bond motifs is 3. The van der Waals surface area contributed by atoms with Crippen molar-refractivity contribution in [3.05, 3.63) is 52.7 Å². The van der Waals surface area contributed by atoms with Crippen LogP contribution in [0.25, 0.3) is 21.3 Å². The molecule has 0 spiro atoms. The minimum atomic E-state index is -0.474. The van der Waals surface area contributed by atoms with E-state index in [1.54, 1.807) is 11.3 Å². The van der Waals surface area contributed by atoms with E-state index in [2.05, 4.69) is 51.4 Å². The van der Waals surface area contributed by atoms with Gasteiger partial charge in [-0.1, -0.05) is 37.6 Å². The fraction of sp³-hybridized carbons (Fsp3) is 0.500. The summed E-state index contributed by atoms with van der Waals surface area (Å²) in [5, 5.41) is 5.72. The Morgan fingerprint density at radius 2 is 1.95 bits per heavy atom. The molecule has 0 aliphatic carbocycles. The van der Waals surface area contributed by atoms with Gasteiger partial charge in [0, 0.05) is 38.6 Å². The number of unbranched alkanes of at least 4 members (excludes halogenated alkanes) is 1. The van der Waals surface area contributed by atoms with Crippen molar-refractivity contribution in [2.24, 2.45) is 0 Å². The van der Waals surface area contributed by atoms with Crippen LogP contribution in [-0.2, 0) is 24.2 Å². The maximum Gasteiger partial charge on any atom is 0.410 e. The molecule has 0 bridgehead atoms. The van der Waals surface area contributed by atoms with Crippen LogP contribution in [0.15, 0.2) is 35.7 Å². The van der Waals surface area contributed by atoms with Crippen molar-refractivity contribution < 1.29 is 9.53 Å². The van der Waals surface area contributed by atoms with Gasteiger partial charge in [0.05, 0.1) is 15.7 Å². The molecule has 1 aliphatic rings. The van der Waals surface area contributed by atoms with Crippen LogP contribution >= 0.6 is 11.3 Å². The van der Waals surface area contributed by atoms with Crippen LogP contribution in [0.3, 0.4) is 0 Å². The van der Waals surface area contributed by atoms with Gasteiger partial charge in [0.2, 0.25) is 0 Å². The molecular formula is C30H40N6O2S. The van der Waals surface area contributed by atoms with Gasteiger partial charge in [0.15, 0.2) is 5.82 Å². The number of likely N-dealkylation sites (tertiary alicyclic amines) is 1. The van der Waals surface area contributed by atoms with Crippen molar-refractivity contribution in [2.45, 2.75) is 84.5 Å². The number of pyridine rings is 1.